The maximum Gasteiger partial charge on any atom is 1.00 e. The number of carbonyl (C=O) groups is 5. The first kappa shape index (κ1) is 22.2. The summed E-state index contributed by atoms with van der Waals surface area (Å²) in [6.07, 6.45) is -0.848. The maximum absolute atomic E-state index is 12.2. The number of anilines is 1. The second kappa shape index (κ2) is 8.09. The van der Waals surface area contributed by atoms with Gasteiger partial charge in [0.15, 0.2) is 0 Å². The summed E-state index contributed by atoms with van der Waals surface area (Å²) in [5.41, 5.74) is -0.0925. The van der Waals surface area contributed by atoms with Crippen molar-refractivity contribution in [1.82, 2.24) is 5.06 Å². The molecule has 0 spiro atoms. The molecule has 0 N–H and O–H groups in total. The normalized spacial score (nSPS) is 19.8. The molecule has 1 atom stereocenters. The molecule has 1 unspecified atom stereocenters. The minimum absolute atomic E-state index is 0. The van der Waals surface area contributed by atoms with Gasteiger partial charge in [0, 0.05) is 12.8 Å². The summed E-state index contributed by atoms with van der Waals surface area (Å²) >= 11 is 0. The van der Waals surface area contributed by atoms with E-state index in [9.17, 15) is 36.9 Å². The quantitative estimate of drug-likeness (QED) is 0.271. The summed E-state index contributed by atoms with van der Waals surface area (Å²) in [5.74, 6) is -4.71. The van der Waals surface area contributed by atoms with E-state index in [4.69, 9.17) is 0 Å². The van der Waals surface area contributed by atoms with Crippen molar-refractivity contribution in [3.05, 3.63) is 29.8 Å². The van der Waals surface area contributed by atoms with E-state index in [1.165, 1.54) is 18.2 Å². The van der Waals surface area contributed by atoms with Crippen molar-refractivity contribution >= 4 is 45.4 Å². The van der Waals surface area contributed by atoms with Gasteiger partial charge in [-0.25, -0.2) is 13.2 Å². The van der Waals surface area contributed by atoms with Gasteiger partial charge in [-0.3, -0.25) is 24.1 Å². The molecular weight excluding hydrogens is 407 g/mol. The van der Waals surface area contributed by atoms with Gasteiger partial charge in [0.2, 0.25) is 11.8 Å². The predicted octanol–water partition coefficient (Wildman–Crippen LogP) is -3.91. The molecule has 2 heterocycles. The number of hydrogen-bond acceptors (Lipinski definition) is 9. The topological polar surface area (TPSA) is 158 Å². The number of benzene rings is 1. The van der Waals surface area contributed by atoms with E-state index in [-0.39, 0.29) is 58.7 Å². The predicted molar refractivity (Wildman–Crippen MR) is 83.5 cm³/mol. The van der Waals surface area contributed by atoms with Gasteiger partial charge >= 0.3 is 35.5 Å². The standard InChI is InChI=1S/C15H12N2O9S.Na/c18-11-4-5-12(19)16(11)9-3-1-2-8(6-9)15(22)26-17-13(20)7-10(14(17)21)27(23,24)25;/h1-3,6,10H,4-5,7H2,(H,23,24,25);/q;+1/p-1. The van der Waals surface area contributed by atoms with Crippen LogP contribution in [-0.4, -0.2) is 52.9 Å². The van der Waals surface area contributed by atoms with E-state index in [1.807, 2.05) is 0 Å². The van der Waals surface area contributed by atoms with Gasteiger partial charge in [-0.2, -0.15) is 0 Å². The Morgan fingerprint density at radius 2 is 1.68 bits per heavy atom. The number of hydroxylamine groups is 2. The molecule has 1 aromatic rings. The second-order valence-corrected chi connectivity index (χ2v) is 7.32. The fourth-order valence-electron chi connectivity index (χ4n) is 2.68. The molecule has 2 fully saturated rings. The molecule has 0 saturated carbocycles. The summed E-state index contributed by atoms with van der Waals surface area (Å²) in [6.45, 7) is 0. The van der Waals surface area contributed by atoms with Crippen LogP contribution in [0.25, 0.3) is 0 Å². The van der Waals surface area contributed by atoms with Crippen molar-refractivity contribution < 1.29 is 71.3 Å². The number of nitrogens with zero attached hydrogens (tertiary/aromatic N) is 2. The van der Waals surface area contributed by atoms with Gasteiger partial charge in [-0.15, -0.1) is 5.06 Å². The minimum atomic E-state index is -5.08. The molecule has 0 radical (unpaired) electrons. The molecule has 28 heavy (non-hydrogen) atoms. The first-order valence-corrected chi connectivity index (χ1v) is 9.06. The van der Waals surface area contributed by atoms with Crippen molar-refractivity contribution in [2.24, 2.45) is 0 Å². The third-order valence-corrected chi connectivity index (χ3v) is 5.04. The molecule has 2 aliphatic heterocycles. The molecule has 11 nitrogen and oxygen atoms in total. The van der Waals surface area contributed by atoms with Gasteiger partial charge in [0.25, 0.3) is 11.8 Å². The Bertz CT molecular complexity index is 975. The van der Waals surface area contributed by atoms with Crippen molar-refractivity contribution in [3.63, 3.8) is 0 Å². The van der Waals surface area contributed by atoms with Crippen LogP contribution in [0, 0.1) is 0 Å². The molecule has 4 amide bonds. The van der Waals surface area contributed by atoms with Crippen LogP contribution in [-0.2, 0) is 34.1 Å². The Morgan fingerprint density at radius 1 is 1.07 bits per heavy atom. The van der Waals surface area contributed by atoms with Crippen molar-refractivity contribution in [1.29, 1.82) is 0 Å². The van der Waals surface area contributed by atoms with Crippen molar-refractivity contribution in [2.75, 3.05) is 4.90 Å². The van der Waals surface area contributed by atoms with Gasteiger partial charge in [-0.1, -0.05) is 6.07 Å². The average molecular weight is 418 g/mol. The fourth-order valence-corrected chi connectivity index (χ4v) is 3.37. The summed E-state index contributed by atoms with van der Waals surface area (Å²) < 4.78 is 32.9. The van der Waals surface area contributed by atoms with Crippen LogP contribution in [0.3, 0.4) is 0 Å². The average Bonchev–Trinajstić information content (AvgIpc) is 3.08. The van der Waals surface area contributed by atoms with Crippen molar-refractivity contribution in [2.45, 2.75) is 24.5 Å². The molecule has 0 bridgehead atoms. The van der Waals surface area contributed by atoms with Crippen LogP contribution in [0.2, 0.25) is 0 Å². The van der Waals surface area contributed by atoms with Crippen LogP contribution in [0.1, 0.15) is 29.6 Å². The molecule has 1 aromatic carbocycles. The monoisotopic (exact) mass is 418 g/mol. The van der Waals surface area contributed by atoms with Crippen molar-refractivity contribution in [3.8, 4) is 0 Å². The molecule has 0 aromatic heterocycles. The summed E-state index contributed by atoms with van der Waals surface area (Å²) in [5, 5.41) is -2.22. The Labute approximate surface area is 180 Å². The number of rotatable bonds is 4. The third-order valence-electron chi connectivity index (χ3n) is 3.98. The zero-order valence-electron chi connectivity index (χ0n) is 14.5. The number of amides is 4. The van der Waals surface area contributed by atoms with Gasteiger partial charge in [-0.05, 0) is 18.2 Å². The molecule has 13 heteroatoms. The first-order chi connectivity index (χ1) is 12.6. The minimum Gasteiger partial charge on any atom is -0.747 e. The fraction of sp³-hybridized carbons (Fsp3) is 0.267. The van der Waals surface area contributed by atoms with E-state index in [0.29, 0.717) is 0 Å². The van der Waals surface area contributed by atoms with E-state index in [2.05, 4.69) is 4.84 Å². The molecule has 142 valence electrons. The Kier molecular flexibility index (Phi) is 6.41. The number of hydrogen-bond donors (Lipinski definition) is 0. The third kappa shape index (κ3) is 4.15. The summed E-state index contributed by atoms with van der Waals surface area (Å²) in [6, 6.07) is 5.15. The van der Waals surface area contributed by atoms with Crippen LogP contribution < -0.4 is 34.5 Å². The van der Waals surface area contributed by atoms with E-state index < -0.39 is 51.4 Å². The summed E-state index contributed by atoms with van der Waals surface area (Å²) in [4.78, 5) is 64.8. The number of carbonyl (C=O) groups excluding carboxylic acids is 5. The first-order valence-electron chi connectivity index (χ1n) is 7.59. The molecule has 0 aliphatic carbocycles. The molecular formula is C15H11N2NaO9S. The van der Waals surface area contributed by atoms with E-state index in [0.717, 1.165) is 11.0 Å². The molecule has 3 rings (SSSR count). The zero-order valence-corrected chi connectivity index (χ0v) is 17.3. The van der Waals surface area contributed by atoms with Crippen LogP contribution in [0.4, 0.5) is 5.69 Å². The molecule has 2 aliphatic rings. The van der Waals surface area contributed by atoms with Gasteiger partial charge in [0.05, 0.1) is 17.7 Å². The Morgan fingerprint density at radius 3 is 2.21 bits per heavy atom. The zero-order chi connectivity index (χ0) is 19.9. The van der Waals surface area contributed by atoms with Gasteiger partial charge < -0.3 is 9.39 Å². The Balaban J connectivity index is 0.00000280. The number of imide groups is 2. The largest absolute Gasteiger partial charge is 1.00 e. The molecule has 2 saturated heterocycles. The maximum atomic E-state index is 12.2. The smallest absolute Gasteiger partial charge is 0.747 e. The Hall–Kier alpha value is -2.12. The van der Waals surface area contributed by atoms with E-state index in [1.54, 1.807) is 0 Å². The van der Waals surface area contributed by atoms with Gasteiger partial charge in [0.1, 0.15) is 15.4 Å². The van der Waals surface area contributed by atoms with Crippen LogP contribution >= 0.6 is 0 Å². The van der Waals surface area contributed by atoms with Crippen LogP contribution in [0.5, 0.6) is 0 Å². The second-order valence-electron chi connectivity index (χ2n) is 5.76. The SMILES string of the molecule is O=C(ON1C(=O)CC(S(=O)(=O)[O-])C1=O)c1cccc(N2C(=O)CCC2=O)c1.[Na+]. The summed E-state index contributed by atoms with van der Waals surface area (Å²) in [7, 11) is -5.08. The van der Waals surface area contributed by atoms with Crippen LogP contribution in [0.15, 0.2) is 24.3 Å². The van der Waals surface area contributed by atoms with E-state index >= 15 is 0 Å².